The molecule has 0 saturated carbocycles. The summed E-state index contributed by atoms with van der Waals surface area (Å²) >= 11 is 0. The number of alkyl halides is 4. The van der Waals surface area contributed by atoms with E-state index in [1.165, 1.54) is 6.92 Å². The van der Waals surface area contributed by atoms with Gasteiger partial charge in [0.1, 0.15) is 0 Å². The predicted octanol–water partition coefficient (Wildman–Crippen LogP) is 2.25. The molecule has 0 radical (unpaired) electrons. The largest absolute Gasteiger partial charge is 0.455 e. The van der Waals surface area contributed by atoms with E-state index in [0.717, 1.165) is 13.8 Å². The minimum Gasteiger partial charge on any atom is -0.455 e. The molecule has 184 valence electrons. The number of halogens is 4. The third-order valence-corrected chi connectivity index (χ3v) is 6.68. The third kappa shape index (κ3) is 6.73. The van der Waals surface area contributed by atoms with Crippen LogP contribution in [0.5, 0.6) is 0 Å². The fourth-order valence-electron chi connectivity index (χ4n) is 2.28. The number of carbonyl (C=O) groups is 2. The van der Waals surface area contributed by atoms with Crippen molar-refractivity contribution in [3.63, 3.8) is 0 Å². The van der Waals surface area contributed by atoms with Gasteiger partial charge in [-0.2, -0.15) is 34.4 Å². The first-order valence-electron chi connectivity index (χ1n) is 8.65. The molecule has 10 nitrogen and oxygen atoms in total. The zero-order valence-corrected chi connectivity index (χ0v) is 18.8. The highest BCUT2D eigenvalue weighted by molar-refractivity contribution is 7.87. The first-order chi connectivity index (χ1) is 13.5. The van der Waals surface area contributed by atoms with Crippen molar-refractivity contribution in [3.8, 4) is 0 Å². The Hall–Kier alpha value is -1.52. The van der Waals surface area contributed by atoms with E-state index in [-0.39, 0.29) is 6.42 Å². The van der Waals surface area contributed by atoms with Crippen LogP contribution in [0.3, 0.4) is 0 Å². The highest BCUT2D eigenvalue weighted by atomic mass is 32.2. The first-order valence-corrected chi connectivity index (χ1v) is 11.5. The maximum atomic E-state index is 13.6. The summed E-state index contributed by atoms with van der Waals surface area (Å²) in [6, 6.07) is 0. The fourth-order valence-corrected chi connectivity index (χ4v) is 3.22. The molecule has 4 atom stereocenters. The lowest BCUT2D eigenvalue weighted by Crippen LogP contribution is -2.45. The van der Waals surface area contributed by atoms with Crippen molar-refractivity contribution < 1.29 is 62.6 Å². The zero-order chi connectivity index (χ0) is 25.2. The summed E-state index contributed by atoms with van der Waals surface area (Å²) in [5, 5.41) is -9.63. The molecule has 0 heterocycles. The molecule has 0 aliphatic heterocycles. The lowest BCUT2D eigenvalue weighted by atomic mass is 9.79. The Labute approximate surface area is 176 Å². The fraction of sp³-hybridized carbons (Fsp3) is 0.867. The van der Waals surface area contributed by atoms with Crippen molar-refractivity contribution in [2.45, 2.75) is 70.2 Å². The molecule has 0 aliphatic carbocycles. The van der Waals surface area contributed by atoms with Gasteiger partial charge in [0.25, 0.3) is 0 Å². The molecule has 0 amide bonds. The van der Waals surface area contributed by atoms with Crippen LogP contribution in [0.4, 0.5) is 17.6 Å². The third-order valence-electron chi connectivity index (χ3n) is 4.64. The molecule has 16 heteroatoms. The molecule has 0 aromatic heterocycles. The normalized spacial score (nSPS) is 18.4. The standard InChI is InChI=1S/C15H24F4O10S2/c1-6-13(5,12(21)29-10(4)15(18,19)31(25,26)27)7-8(2)11(20)28-9(3)14(16,17)30(22,23)24/h8-10H,6-7H2,1-5H3,(H,22,23,24)(H,25,26,27). The van der Waals surface area contributed by atoms with Crippen molar-refractivity contribution in [1.82, 2.24) is 0 Å². The summed E-state index contributed by atoms with van der Waals surface area (Å²) in [6.07, 6.45) is -5.83. The van der Waals surface area contributed by atoms with Gasteiger partial charge < -0.3 is 9.47 Å². The molecule has 0 fully saturated rings. The molecule has 0 saturated heterocycles. The zero-order valence-electron chi connectivity index (χ0n) is 17.1. The van der Waals surface area contributed by atoms with Crippen molar-refractivity contribution >= 4 is 32.2 Å². The van der Waals surface area contributed by atoms with Crippen LogP contribution in [-0.4, -0.2) is 60.6 Å². The molecule has 0 aromatic carbocycles. The van der Waals surface area contributed by atoms with E-state index < -0.39 is 72.6 Å². The molecule has 0 aliphatic rings. The Morgan fingerprint density at radius 3 is 1.55 bits per heavy atom. The average molecular weight is 504 g/mol. The second-order valence-electron chi connectivity index (χ2n) is 7.22. The predicted molar refractivity (Wildman–Crippen MR) is 96.3 cm³/mol. The summed E-state index contributed by atoms with van der Waals surface area (Å²) in [4.78, 5) is 24.4. The van der Waals surface area contributed by atoms with Crippen LogP contribution in [0.2, 0.25) is 0 Å². The highest BCUT2D eigenvalue weighted by Gasteiger charge is 2.54. The Bertz CT molecular complexity index is 887. The number of esters is 2. The van der Waals surface area contributed by atoms with E-state index in [4.69, 9.17) is 9.11 Å². The van der Waals surface area contributed by atoms with Crippen LogP contribution in [0.15, 0.2) is 0 Å². The molecule has 4 unspecified atom stereocenters. The van der Waals surface area contributed by atoms with Gasteiger partial charge in [0.05, 0.1) is 11.3 Å². The minimum absolute atomic E-state index is 0.135. The average Bonchev–Trinajstić information content (AvgIpc) is 2.58. The van der Waals surface area contributed by atoms with Crippen molar-refractivity contribution in [3.05, 3.63) is 0 Å². The van der Waals surface area contributed by atoms with Gasteiger partial charge in [0, 0.05) is 0 Å². The molecule has 0 spiro atoms. The van der Waals surface area contributed by atoms with Gasteiger partial charge in [-0.15, -0.1) is 0 Å². The maximum absolute atomic E-state index is 13.6. The summed E-state index contributed by atoms with van der Waals surface area (Å²) in [6.45, 7) is 4.68. The van der Waals surface area contributed by atoms with Crippen LogP contribution in [-0.2, 0) is 39.3 Å². The van der Waals surface area contributed by atoms with E-state index in [1.807, 2.05) is 0 Å². The Morgan fingerprint density at radius 2 is 1.23 bits per heavy atom. The summed E-state index contributed by atoms with van der Waals surface area (Å²) in [7, 11) is -11.8. The van der Waals surface area contributed by atoms with Crippen molar-refractivity contribution in [2.75, 3.05) is 0 Å². The second-order valence-corrected chi connectivity index (χ2v) is 10.2. The van der Waals surface area contributed by atoms with Gasteiger partial charge in [-0.3, -0.25) is 18.7 Å². The van der Waals surface area contributed by atoms with Crippen molar-refractivity contribution in [2.24, 2.45) is 11.3 Å². The summed E-state index contributed by atoms with van der Waals surface area (Å²) < 4.78 is 123. The molecule has 0 bridgehead atoms. The number of carbonyl (C=O) groups excluding carboxylic acids is 2. The van der Waals surface area contributed by atoms with E-state index in [9.17, 15) is 44.0 Å². The topological polar surface area (TPSA) is 161 Å². The van der Waals surface area contributed by atoms with Crippen LogP contribution in [0.25, 0.3) is 0 Å². The smallest absolute Gasteiger partial charge is 0.405 e. The molecular weight excluding hydrogens is 480 g/mol. The lowest BCUT2D eigenvalue weighted by molar-refractivity contribution is -0.174. The van der Waals surface area contributed by atoms with Gasteiger partial charge in [-0.05, 0) is 33.6 Å². The number of rotatable bonds is 11. The molecule has 0 aromatic rings. The summed E-state index contributed by atoms with van der Waals surface area (Å²) in [5.74, 6) is -4.11. The van der Waals surface area contributed by atoms with Gasteiger partial charge in [-0.1, -0.05) is 13.8 Å². The second kappa shape index (κ2) is 9.54. The van der Waals surface area contributed by atoms with E-state index in [2.05, 4.69) is 9.47 Å². The lowest BCUT2D eigenvalue weighted by Gasteiger charge is -2.31. The first kappa shape index (κ1) is 29.5. The van der Waals surface area contributed by atoms with Crippen LogP contribution < -0.4 is 0 Å². The monoisotopic (exact) mass is 504 g/mol. The van der Waals surface area contributed by atoms with Gasteiger partial charge in [-0.25, -0.2) is 0 Å². The van der Waals surface area contributed by atoms with E-state index >= 15 is 0 Å². The molecule has 0 rings (SSSR count). The Kier molecular flexibility index (Phi) is 9.07. The quantitative estimate of drug-likeness (QED) is 0.242. The van der Waals surface area contributed by atoms with Crippen LogP contribution in [0, 0.1) is 11.3 Å². The Balaban J connectivity index is 5.41. The van der Waals surface area contributed by atoms with E-state index in [1.54, 1.807) is 0 Å². The Morgan fingerprint density at radius 1 is 0.871 bits per heavy atom. The number of ether oxygens (including phenoxy) is 2. The highest BCUT2D eigenvalue weighted by Crippen LogP contribution is 2.36. The van der Waals surface area contributed by atoms with Gasteiger partial charge in [0.2, 0.25) is 0 Å². The van der Waals surface area contributed by atoms with Crippen LogP contribution >= 0.6 is 0 Å². The van der Waals surface area contributed by atoms with Crippen molar-refractivity contribution in [1.29, 1.82) is 0 Å². The molecule has 2 N–H and O–H groups in total. The summed E-state index contributed by atoms with van der Waals surface area (Å²) in [5.41, 5.74) is -1.70. The number of hydrogen-bond donors (Lipinski definition) is 2. The number of hydrogen-bond acceptors (Lipinski definition) is 8. The van der Waals surface area contributed by atoms with Gasteiger partial charge in [0.15, 0.2) is 12.2 Å². The maximum Gasteiger partial charge on any atom is 0.405 e. The van der Waals surface area contributed by atoms with E-state index in [0.29, 0.717) is 13.8 Å². The SMILES string of the molecule is CCC(C)(CC(C)C(=O)OC(C)C(F)(F)S(=O)(=O)O)C(=O)OC(C)C(F)(F)S(=O)(=O)O. The minimum atomic E-state index is -5.90. The van der Waals surface area contributed by atoms with Gasteiger partial charge >= 0.3 is 42.7 Å². The molecular formula is C15H24F4O10S2. The van der Waals surface area contributed by atoms with Crippen LogP contribution in [0.1, 0.15) is 47.5 Å². The molecule has 31 heavy (non-hydrogen) atoms.